The van der Waals surface area contributed by atoms with Crippen molar-refractivity contribution in [3.05, 3.63) is 143 Å². The molecule has 0 heterocycles. The largest absolute Gasteiger partial charge is 0.388 e. The van der Waals surface area contributed by atoms with Crippen LogP contribution in [0.3, 0.4) is 0 Å². The molecule has 0 bridgehead atoms. The number of aryl methyl sites for hydroxylation is 5. The Kier molecular flexibility index (Phi) is 13.3. The quantitative estimate of drug-likeness (QED) is 0.190. The summed E-state index contributed by atoms with van der Waals surface area (Å²) in [4.78, 5) is 0. The molecular weight excluding hydrogens is 464 g/mol. The highest BCUT2D eigenvalue weighted by molar-refractivity contribution is 5.26. The van der Waals surface area contributed by atoms with E-state index in [0.29, 0.717) is 13.0 Å². The maximum atomic E-state index is 9.97. The van der Waals surface area contributed by atoms with E-state index in [-0.39, 0.29) is 0 Å². The van der Waals surface area contributed by atoms with Crippen molar-refractivity contribution in [1.29, 1.82) is 0 Å². The van der Waals surface area contributed by atoms with Crippen molar-refractivity contribution in [2.24, 2.45) is 11.5 Å². The predicted molar refractivity (Wildman–Crippen MR) is 161 cm³/mol. The SMILES string of the molecule is NCCC(O)c1cccc(CCCc2ccccc2)c1.NCCCc1cccc(CCc2ccccc2)c1. The smallest absolute Gasteiger partial charge is 0.0802 e. The van der Waals surface area contributed by atoms with Crippen molar-refractivity contribution in [2.45, 2.75) is 57.5 Å². The number of rotatable bonds is 13. The Balaban J connectivity index is 0.000000212. The first-order chi connectivity index (χ1) is 18.7. The minimum Gasteiger partial charge on any atom is -0.388 e. The van der Waals surface area contributed by atoms with Gasteiger partial charge in [-0.25, -0.2) is 0 Å². The van der Waals surface area contributed by atoms with Gasteiger partial charge in [-0.15, -0.1) is 0 Å². The first-order valence-electron chi connectivity index (χ1n) is 14.0. The Hall–Kier alpha value is -3.24. The molecule has 4 aromatic rings. The van der Waals surface area contributed by atoms with Crippen LogP contribution >= 0.6 is 0 Å². The van der Waals surface area contributed by atoms with Crippen LogP contribution in [-0.4, -0.2) is 18.2 Å². The molecule has 1 unspecified atom stereocenters. The summed E-state index contributed by atoms with van der Waals surface area (Å²) in [6, 6.07) is 38.3. The summed E-state index contributed by atoms with van der Waals surface area (Å²) in [6.07, 6.45) is 7.83. The Morgan fingerprint density at radius 2 is 0.947 bits per heavy atom. The standard InChI is InChI=1S/C18H23NO.C17H21N/c19-13-12-18(20)17-11-5-10-16(14-17)9-4-8-15-6-2-1-3-7-15;18-13-5-10-16-8-4-9-17(14-16)12-11-15-6-2-1-3-7-15/h1-3,5-7,10-11,14,18,20H,4,8-9,12-13,19H2;1-4,6-9,14H,5,10-13,18H2. The Morgan fingerprint density at radius 3 is 1.58 bits per heavy atom. The zero-order valence-electron chi connectivity index (χ0n) is 22.6. The molecule has 4 aromatic carbocycles. The summed E-state index contributed by atoms with van der Waals surface area (Å²) in [6.45, 7) is 1.29. The molecule has 0 saturated carbocycles. The summed E-state index contributed by atoms with van der Waals surface area (Å²) in [5, 5.41) is 9.97. The van der Waals surface area contributed by atoms with Crippen molar-refractivity contribution in [1.82, 2.24) is 0 Å². The van der Waals surface area contributed by atoms with Crippen LogP contribution in [0.1, 0.15) is 58.7 Å². The molecule has 3 heteroatoms. The molecule has 0 aliphatic carbocycles. The van der Waals surface area contributed by atoms with Gasteiger partial charge >= 0.3 is 0 Å². The lowest BCUT2D eigenvalue weighted by Gasteiger charge is -2.11. The van der Waals surface area contributed by atoms with Gasteiger partial charge in [0.15, 0.2) is 0 Å². The molecular formula is C35H44N2O. The normalized spacial score (nSPS) is 11.4. The highest BCUT2D eigenvalue weighted by atomic mass is 16.3. The highest BCUT2D eigenvalue weighted by Gasteiger charge is 2.06. The third-order valence-electron chi connectivity index (χ3n) is 6.76. The minimum absolute atomic E-state index is 0.436. The summed E-state index contributed by atoms with van der Waals surface area (Å²) < 4.78 is 0. The van der Waals surface area contributed by atoms with Crippen LogP contribution in [0.4, 0.5) is 0 Å². The Morgan fingerprint density at radius 1 is 0.474 bits per heavy atom. The van der Waals surface area contributed by atoms with Gasteiger partial charge in [0.1, 0.15) is 0 Å². The topological polar surface area (TPSA) is 72.3 Å². The maximum absolute atomic E-state index is 9.97. The average molecular weight is 509 g/mol. The van der Waals surface area contributed by atoms with E-state index in [1.165, 1.54) is 27.8 Å². The summed E-state index contributed by atoms with van der Waals surface area (Å²) >= 11 is 0. The molecule has 0 radical (unpaired) electrons. The maximum Gasteiger partial charge on any atom is 0.0802 e. The van der Waals surface area contributed by atoms with Gasteiger partial charge in [-0.2, -0.15) is 0 Å². The molecule has 0 aromatic heterocycles. The molecule has 4 rings (SSSR count). The monoisotopic (exact) mass is 508 g/mol. The van der Waals surface area contributed by atoms with Gasteiger partial charge in [-0.05, 0) is 97.8 Å². The second-order valence-corrected chi connectivity index (χ2v) is 9.88. The number of aliphatic hydroxyl groups excluding tert-OH is 1. The van der Waals surface area contributed by atoms with E-state index >= 15 is 0 Å². The molecule has 0 spiro atoms. The van der Waals surface area contributed by atoms with Crippen LogP contribution in [0.2, 0.25) is 0 Å². The van der Waals surface area contributed by atoms with E-state index in [2.05, 4.69) is 91.0 Å². The molecule has 3 nitrogen and oxygen atoms in total. The van der Waals surface area contributed by atoms with Crippen molar-refractivity contribution >= 4 is 0 Å². The van der Waals surface area contributed by atoms with Gasteiger partial charge < -0.3 is 16.6 Å². The third-order valence-corrected chi connectivity index (χ3v) is 6.76. The summed E-state index contributed by atoms with van der Waals surface area (Å²) in [7, 11) is 0. The van der Waals surface area contributed by atoms with Crippen LogP contribution in [0.25, 0.3) is 0 Å². The van der Waals surface area contributed by atoms with Crippen molar-refractivity contribution in [3.63, 3.8) is 0 Å². The molecule has 0 fully saturated rings. The van der Waals surface area contributed by atoms with Crippen LogP contribution in [-0.2, 0) is 32.1 Å². The molecule has 0 aliphatic heterocycles. The lowest BCUT2D eigenvalue weighted by Crippen LogP contribution is -2.07. The third kappa shape index (κ3) is 11.0. The van der Waals surface area contributed by atoms with Gasteiger partial charge in [-0.3, -0.25) is 0 Å². The van der Waals surface area contributed by atoms with E-state index in [1.54, 1.807) is 0 Å². The van der Waals surface area contributed by atoms with Crippen LogP contribution < -0.4 is 11.5 Å². The fourth-order valence-electron chi connectivity index (χ4n) is 4.60. The van der Waals surface area contributed by atoms with E-state index in [9.17, 15) is 5.11 Å². The molecule has 38 heavy (non-hydrogen) atoms. The average Bonchev–Trinajstić information content (AvgIpc) is 2.97. The minimum atomic E-state index is -0.436. The van der Waals surface area contributed by atoms with Gasteiger partial charge in [0, 0.05) is 0 Å². The Bertz CT molecular complexity index is 1160. The van der Waals surface area contributed by atoms with Crippen LogP contribution in [0.5, 0.6) is 0 Å². The highest BCUT2D eigenvalue weighted by Crippen LogP contribution is 2.18. The fraction of sp³-hybridized carbons (Fsp3) is 0.314. The van der Waals surface area contributed by atoms with E-state index < -0.39 is 6.10 Å². The second-order valence-electron chi connectivity index (χ2n) is 9.88. The summed E-state index contributed by atoms with van der Waals surface area (Å²) in [5.41, 5.74) is 18.9. The predicted octanol–water partition coefficient (Wildman–Crippen LogP) is 6.61. The van der Waals surface area contributed by atoms with E-state index in [4.69, 9.17) is 11.5 Å². The zero-order chi connectivity index (χ0) is 26.8. The first-order valence-corrected chi connectivity index (χ1v) is 14.0. The van der Waals surface area contributed by atoms with Crippen molar-refractivity contribution < 1.29 is 5.11 Å². The zero-order valence-corrected chi connectivity index (χ0v) is 22.6. The first kappa shape index (κ1) is 29.3. The number of hydrogen-bond acceptors (Lipinski definition) is 3. The number of hydrogen-bond donors (Lipinski definition) is 3. The lowest BCUT2D eigenvalue weighted by atomic mass is 9.99. The second kappa shape index (κ2) is 17.3. The van der Waals surface area contributed by atoms with Gasteiger partial charge in [0.25, 0.3) is 0 Å². The van der Waals surface area contributed by atoms with Gasteiger partial charge in [0.2, 0.25) is 0 Å². The molecule has 0 aliphatic rings. The van der Waals surface area contributed by atoms with Gasteiger partial charge in [-0.1, -0.05) is 109 Å². The summed E-state index contributed by atoms with van der Waals surface area (Å²) in [5.74, 6) is 0. The van der Waals surface area contributed by atoms with Crippen molar-refractivity contribution in [3.8, 4) is 0 Å². The number of benzene rings is 4. The Labute approximate surface area is 229 Å². The van der Waals surface area contributed by atoms with Gasteiger partial charge in [0.05, 0.1) is 6.10 Å². The fourth-order valence-corrected chi connectivity index (χ4v) is 4.60. The lowest BCUT2D eigenvalue weighted by molar-refractivity contribution is 0.170. The van der Waals surface area contributed by atoms with Crippen molar-refractivity contribution in [2.75, 3.05) is 13.1 Å². The van der Waals surface area contributed by atoms with E-state index in [1.807, 2.05) is 18.2 Å². The molecule has 0 saturated heterocycles. The van der Waals surface area contributed by atoms with E-state index in [0.717, 1.165) is 57.1 Å². The number of nitrogens with two attached hydrogens (primary N) is 2. The number of aliphatic hydroxyl groups is 1. The molecule has 1 atom stereocenters. The molecule has 5 N–H and O–H groups in total. The van der Waals surface area contributed by atoms with Crippen LogP contribution in [0, 0.1) is 0 Å². The van der Waals surface area contributed by atoms with Crippen LogP contribution in [0.15, 0.2) is 109 Å². The molecule has 0 amide bonds. The molecule has 200 valence electrons.